The van der Waals surface area contributed by atoms with Gasteiger partial charge >= 0.3 is 5.69 Å². The summed E-state index contributed by atoms with van der Waals surface area (Å²) in [5.74, 6) is 0. The van der Waals surface area contributed by atoms with E-state index in [0.717, 1.165) is 10.8 Å². The van der Waals surface area contributed by atoms with Crippen LogP contribution in [0.25, 0.3) is 0 Å². The quantitative estimate of drug-likeness (QED) is 0.364. The molecule has 14 heavy (non-hydrogen) atoms. The van der Waals surface area contributed by atoms with Crippen molar-refractivity contribution in [1.29, 1.82) is 0 Å². The summed E-state index contributed by atoms with van der Waals surface area (Å²) in [6, 6.07) is 0. The molecule has 0 aliphatic rings. The number of aromatic nitrogens is 2. The molecule has 1 N–H and O–H groups in total. The average molecular weight is 197 g/mol. The summed E-state index contributed by atoms with van der Waals surface area (Å²) in [6.45, 7) is 1.61. The maximum atomic E-state index is 11.5. The zero-order valence-corrected chi connectivity index (χ0v) is 8.18. The van der Waals surface area contributed by atoms with Crippen molar-refractivity contribution in [2.24, 2.45) is 19.3 Å². The van der Waals surface area contributed by atoms with Gasteiger partial charge in [0.2, 0.25) is 0 Å². The van der Waals surface area contributed by atoms with E-state index in [-0.39, 0.29) is 5.56 Å². The zero-order chi connectivity index (χ0) is 10.9. The van der Waals surface area contributed by atoms with Crippen LogP contribution in [-0.4, -0.2) is 20.6 Å². The van der Waals surface area contributed by atoms with Gasteiger partial charge in [-0.1, -0.05) is 5.16 Å². The molecule has 76 valence electrons. The zero-order valence-electron chi connectivity index (χ0n) is 8.18. The monoisotopic (exact) mass is 197 g/mol. The fourth-order valence-corrected chi connectivity index (χ4v) is 1.18. The van der Waals surface area contributed by atoms with Crippen molar-refractivity contribution >= 4 is 6.21 Å². The van der Waals surface area contributed by atoms with E-state index >= 15 is 0 Å². The van der Waals surface area contributed by atoms with Gasteiger partial charge in [-0.25, -0.2) is 4.79 Å². The fraction of sp³-hybridized carbons (Fsp3) is 0.375. The molecule has 0 aromatic carbocycles. The van der Waals surface area contributed by atoms with Crippen molar-refractivity contribution < 1.29 is 5.21 Å². The minimum Gasteiger partial charge on any atom is -0.411 e. The van der Waals surface area contributed by atoms with Gasteiger partial charge in [0, 0.05) is 19.8 Å². The van der Waals surface area contributed by atoms with E-state index in [0.29, 0.717) is 5.69 Å². The lowest BCUT2D eigenvalue weighted by atomic mass is 10.2. The summed E-state index contributed by atoms with van der Waals surface area (Å²) in [4.78, 5) is 22.9. The number of hydrogen-bond acceptors (Lipinski definition) is 4. The highest BCUT2D eigenvalue weighted by Gasteiger charge is 2.09. The second kappa shape index (κ2) is 3.49. The SMILES string of the molecule is Cc1c(C=NO)c(=O)n(C)c(=O)n1C. The Morgan fingerprint density at radius 3 is 2.36 bits per heavy atom. The minimum absolute atomic E-state index is 0.206. The van der Waals surface area contributed by atoms with Gasteiger partial charge in [-0.3, -0.25) is 9.36 Å². The summed E-state index contributed by atoms with van der Waals surface area (Å²) in [7, 11) is 2.92. The van der Waals surface area contributed by atoms with Gasteiger partial charge in [0.1, 0.15) is 0 Å². The third kappa shape index (κ3) is 1.34. The van der Waals surface area contributed by atoms with Crippen molar-refractivity contribution in [1.82, 2.24) is 9.13 Å². The summed E-state index contributed by atoms with van der Waals surface area (Å²) in [5, 5.41) is 11.1. The van der Waals surface area contributed by atoms with Gasteiger partial charge in [-0.2, -0.15) is 0 Å². The molecule has 1 heterocycles. The fourth-order valence-electron chi connectivity index (χ4n) is 1.18. The lowest BCUT2D eigenvalue weighted by Gasteiger charge is -2.07. The molecule has 1 aromatic rings. The van der Waals surface area contributed by atoms with Crippen LogP contribution < -0.4 is 11.2 Å². The summed E-state index contributed by atoms with van der Waals surface area (Å²) < 4.78 is 2.28. The molecule has 0 bridgehead atoms. The Hall–Kier alpha value is -1.85. The Morgan fingerprint density at radius 2 is 1.86 bits per heavy atom. The van der Waals surface area contributed by atoms with Crippen LogP contribution in [0.1, 0.15) is 11.3 Å². The van der Waals surface area contributed by atoms with E-state index in [1.54, 1.807) is 14.0 Å². The van der Waals surface area contributed by atoms with E-state index in [9.17, 15) is 9.59 Å². The molecule has 0 aliphatic heterocycles. The third-order valence-electron chi connectivity index (χ3n) is 2.19. The molecule has 0 fully saturated rings. The molecule has 0 atom stereocenters. The smallest absolute Gasteiger partial charge is 0.330 e. The van der Waals surface area contributed by atoms with E-state index in [4.69, 9.17) is 5.21 Å². The largest absolute Gasteiger partial charge is 0.411 e. The Morgan fingerprint density at radius 1 is 1.29 bits per heavy atom. The Balaban J connectivity index is 3.78. The van der Waals surface area contributed by atoms with Crippen molar-refractivity contribution in [3.63, 3.8) is 0 Å². The molecule has 0 saturated carbocycles. The molecule has 0 amide bonds. The van der Waals surface area contributed by atoms with Crippen molar-refractivity contribution in [3.8, 4) is 0 Å². The van der Waals surface area contributed by atoms with Gasteiger partial charge in [-0.15, -0.1) is 0 Å². The molecule has 1 rings (SSSR count). The number of hydrogen-bond donors (Lipinski definition) is 1. The predicted molar refractivity (Wildman–Crippen MR) is 51.0 cm³/mol. The first-order valence-electron chi connectivity index (χ1n) is 3.94. The number of nitrogens with zero attached hydrogens (tertiary/aromatic N) is 3. The number of rotatable bonds is 1. The lowest BCUT2D eigenvalue weighted by Crippen LogP contribution is -2.40. The molecular weight excluding hydrogens is 186 g/mol. The van der Waals surface area contributed by atoms with E-state index in [2.05, 4.69) is 5.16 Å². The molecule has 0 saturated heterocycles. The lowest BCUT2D eigenvalue weighted by molar-refractivity contribution is 0.321. The van der Waals surface area contributed by atoms with E-state index < -0.39 is 11.2 Å². The first-order chi connectivity index (χ1) is 6.50. The summed E-state index contributed by atoms with van der Waals surface area (Å²) in [6.07, 6.45) is 1.02. The van der Waals surface area contributed by atoms with Gasteiger partial charge in [0.15, 0.2) is 0 Å². The first kappa shape index (κ1) is 10.2. The van der Waals surface area contributed by atoms with Crippen LogP contribution in [0.5, 0.6) is 0 Å². The van der Waals surface area contributed by atoms with Crippen LogP contribution in [0.15, 0.2) is 14.7 Å². The van der Waals surface area contributed by atoms with Crippen LogP contribution in [0.2, 0.25) is 0 Å². The minimum atomic E-state index is -0.469. The standard InChI is InChI=1S/C8H11N3O3/c1-5-6(4-9-14)7(12)11(3)8(13)10(5)2/h4,14H,1-3H3. The highest BCUT2D eigenvalue weighted by molar-refractivity contribution is 5.79. The number of oxime groups is 1. The molecular formula is C8H11N3O3. The van der Waals surface area contributed by atoms with Crippen LogP contribution in [0, 0.1) is 6.92 Å². The van der Waals surface area contributed by atoms with Crippen LogP contribution in [-0.2, 0) is 14.1 Å². The molecule has 0 radical (unpaired) electrons. The second-order valence-electron chi connectivity index (χ2n) is 2.95. The molecule has 6 heteroatoms. The van der Waals surface area contributed by atoms with Gasteiger partial charge in [-0.05, 0) is 6.92 Å². The summed E-state index contributed by atoms with van der Waals surface area (Å²) in [5.41, 5.74) is -0.195. The van der Waals surface area contributed by atoms with Crippen LogP contribution in [0.3, 0.4) is 0 Å². The van der Waals surface area contributed by atoms with Crippen LogP contribution >= 0.6 is 0 Å². The third-order valence-corrected chi connectivity index (χ3v) is 2.19. The molecule has 1 aromatic heterocycles. The Kier molecular flexibility index (Phi) is 2.55. The van der Waals surface area contributed by atoms with Gasteiger partial charge in [0.25, 0.3) is 5.56 Å². The van der Waals surface area contributed by atoms with Gasteiger partial charge < -0.3 is 9.77 Å². The molecule has 6 nitrogen and oxygen atoms in total. The normalized spacial score (nSPS) is 11.1. The Labute approximate surface area is 79.7 Å². The topological polar surface area (TPSA) is 76.6 Å². The maximum absolute atomic E-state index is 11.5. The van der Waals surface area contributed by atoms with Crippen LogP contribution in [0.4, 0.5) is 0 Å². The predicted octanol–water partition coefficient (Wildman–Crippen LogP) is -0.799. The van der Waals surface area contributed by atoms with Gasteiger partial charge in [0.05, 0.1) is 11.8 Å². The molecule has 0 aliphatic carbocycles. The Bertz CT molecular complexity index is 496. The van der Waals surface area contributed by atoms with Crippen molar-refractivity contribution in [2.45, 2.75) is 6.92 Å². The molecule has 0 unspecified atom stereocenters. The maximum Gasteiger partial charge on any atom is 0.330 e. The second-order valence-corrected chi connectivity index (χ2v) is 2.95. The molecule has 0 spiro atoms. The first-order valence-corrected chi connectivity index (χ1v) is 3.94. The van der Waals surface area contributed by atoms with Crippen molar-refractivity contribution in [2.75, 3.05) is 0 Å². The van der Waals surface area contributed by atoms with E-state index in [1.165, 1.54) is 11.6 Å². The summed E-state index contributed by atoms with van der Waals surface area (Å²) >= 11 is 0. The van der Waals surface area contributed by atoms with E-state index in [1.807, 2.05) is 0 Å². The van der Waals surface area contributed by atoms with Crippen molar-refractivity contribution in [3.05, 3.63) is 32.1 Å². The highest BCUT2D eigenvalue weighted by atomic mass is 16.4. The average Bonchev–Trinajstić information content (AvgIpc) is 2.19. The highest BCUT2D eigenvalue weighted by Crippen LogP contribution is 1.94.